The Kier molecular flexibility index (Phi) is 5.22. The molecule has 0 unspecified atom stereocenters. The first-order valence-corrected chi connectivity index (χ1v) is 9.27. The molecule has 2 aromatic rings. The molecule has 1 heterocycles. The third-order valence-electron chi connectivity index (χ3n) is 3.77. The summed E-state index contributed by atoms with van der Waals surface area (Å²) in [6.45, 7) is 1.87. The zero-order valence-corrected chi connectivity index (χ0v) is 15.3. The molecule has 0 bridgehead atoms. The van der Waals surface area contributed by atoms with E-state index < -0.39 is 0 Å². The molecule has 0 radical (unpaired) electrons. The third kappa shape index (κ3) is 3.96. The number of thioether (sulfide) groups is 1. The lowest BCUT2D eigenvalue weighted by Crippen LogP contribution is -2.28. The standard InChI is InChI=1S/C15H17Cl2N5OS/c1-8(11-5-4-10(16)6-12(11)17)19-13(23)7-24-15-21-20-14(22(15)18)9-2-3-9/h4-6,8-9H,2-3,7,18H2,1H3,(H,19,23)/t8-/m1/s1. The number of aromatic nitrogens is 3. The largest absolute Gasteiger partial charge is 0.349 e. The summed E-state index contributed by atoms with van der Waals surface area (Å²) in [6, 6.07) is 4.99. The smallest absolute Gasteiger partial charge is 0.230 e. The number of nitrogens with one attached hydrogen (secondary N) is 1. The zero-order valence-electron chi connectivity index (χ0n) is 13.0. The number of halogens is 2. The monoisotopic (exact) mass is 385 g/mol. The summed E-state index contributed by atoms with van der Waals surface area (Å²) < 4.78 is 1.48. The van der Waals surface area contributed by atoms with Gasteiger partial charge >= 0.3 is 0 Å². The second-order valence-electron chi connectivity index (χ2n) is 5.73. The number of nitrogen functional groups attached to an aromatic ring is 1. The Morgan fingerprint density at radius 1 is 1.46 bits per heavy atom. The van der Waals surface area contributed by atoms with Crippen LogP contribution in [0.3, 0.4) is 0 Å². The van der Waals surface area contributed by atoms with Gasteiger partial charge in [0.15, 0.2) is 5.82 Å². The quantitative estimate of drug-likeness (QED) is 0.589. The van der Waals surface area contributed by atoms with Crippen LogP contribution in [0.25, 0.3) is 0 Å². The van der Waals surface area contributed by atoms with Crippen molar-refractivity contribution in [3.05, 3.63) is 39.6 Å². The van der Waals surface area contributed by atoms with Crippen molar-refractivity contribution in [2.24, 2.45) is 0 Å². The van der Waals surface area contributed by atoms with Gasteiger partial charge in [-0.2, -0.15) is 0 Å². The average molecular weight is 386 g/mol. The summed E-state index contributed by atoms with van der Waals surface area (Å²) in [7, 11) is 0. The van der Waals surface area contributed by atoms with Crippen LogP contribution in [0.2, 0.25) is 10.0 Å². The number of carbonyl (C=O) groups is 1. The lowest BCUT2D eigenvalue weighted by atomic mass is 10.1. The molecule has 1 fully saturated rings. The summed E-state index contributed by atoms with van der Waals surface area (Å²) in [5.41, 5.74) is 0.817. The molecule has 24 heavy (non-hydrogen) atoms. The van der Waals surface area contributed by atoms with Crippen LogP contribution in [0.15, 0.2) is 23.4 Å². The van der Waals surface area contributed by atoms with Gasteiger partial charge in [0.05, 0.1) is 11.8 Å². The van der Waals surface area contributed by atoms with Crippen molar-refractivity contribution in [2.75, 3.05) is 11.6 Å². The number of carbonyl (C=O) groups excluding carboxylic acids is 1. The predicted molar refractivity (Wildman–Crippen MR) is 95.9 cm³/mol. The highest BCUT2D eigenvalue weighted by atomic mass is 35.5. The Morgan fingerprint density at radius 3 is 2.88 bits per heavy atom. The maximum absolute atomic E-state index is 12.1. The Bertz CT molecular complexity index is 762. The Hall–Kier alpha value is -1.44. The molecule has 0 saturated heterocycles. The summed E-state index contributed by atoms with van der Waals surface area (Å²) in [6.07, 6.45) is 2.19. The Morgan fingerprint density at radius 2 is 2.21 bits per heavy atom. The van der Waals surface area contributed by atoms with E-state index in [-0.39, 0.29) is 17.7 Å². The average Bonchev–Trinajstić information content (AvgIpc) is 3.29. The van der Waals surface area contributed by atoms with E-state index in [4.69, 9.17) is 29.0 Å². The first-order chi connectivity index (χ1) is 11.5. The number of hydrogen-bond donors (Lipinski definition) is 2. The SMILES string of the molecule is C[C@@H](NC(=O)CSc1nnc(C2CC2)n1N)c1ccc(Cl)cc1Cl. The van der Waals surface area contributed by atoms with Gasteiger partial charge in [0, 0.05) is 16.0 Å². The topological polar surface area (TPSA) is 85.8 Å². The molecule has 1 saturated carbocycles. The molecule has 6 nitrogen and oxygen atoms in total. The molecule has 1 amide bonds. The number of amides is 1. The van der Waals surface area contributed by atoms with Crippen LogP contribution >= 0.6 is 35.0 Å². The first kappa shape index (κ1) is 17.4. The van der Waals surface area contributed by atoms with Crippen molar-refractivity contribution in [3.63, 3.8) is 0 Å². The highest BCUT2D eigenvalue weighted by molar-refractivity contribution is 7.99. The Balaban J connectivity index is 1.55. The van der Waals surface area contributed by atoms with Crippen molar-refractivity contribution in [1.82, 2.24) is 20.2 Å². The second kappa shape index (κ2) is 7.21. The van der Waals surface area contributed by atoms with Gasteiger partial charge in [0.2, 0.25) is 11.1 Å². The third-order valence-corrected chi connectivity index (χ3v) is 5.28. The van der Waals surface area contributed by atoms with Gasteiger partial charge in [0.25, 0.3) is 0 Å². The fourth-order valence-corrected chi connectivity index (χ4v) is 3.60. The van der Waals surface area contributed by atoms with Gasteiger partial charge < -0.3 is 11.2 Å². The van der Waals surface area contributed by atoms with E-state index in [1.54, 1.807) is 18.2 Å². The molecule has 0 spiro atoms. The van der Waals surface area contributed by atoms with Crippen LogP contribution in [0, 0.1) is 0 Å². The molecule has 1 aliphatic rings. The minimum absolute atomic E-state index is 0.130. The summed E-state index contributed by atoms with van der Waals surface area (Å²) in [5, 5.41) is 12.7. The van der Waals surface area contributed by atoms with Crippen molar-refractivity contribution >= 4 is 40.9 Å². The molecule has 1 aromatic carbocycles. The van der Waals surface area contributed by atoms with Gasteiger partial charge in [0.1, 0.15) is 0 Å². The fourth-order valence-electron chi connectivity index (χ4n) is 2.35. The second-order valence-corrected chi connectivity index (χ2v) is 7.51. The number of nitrogens with zero attached hydrogens (tertiary/aromatic N) is 3. The maximum Gasteiger partial charge on any atom is 0.230 e. The van der Waals surface area contributed by atoms with Crippen LogP contribution in [-0.4, -0.2) is 26.5 Å². The summed E-state index contributed by atoms with van der Waals surface area (Å²) in [4.78, 5) is 12.1. The van der Waals surface area contributed by atoms with Crippen LogP contribution in [0.1, 0.15) is 43.1 Å². The van der Waals surface area contributed by atoms with Gasteiger partial charge in [-0.3, -0.25) is 4.79 Å². The normalized spacial score (nSPS) is 15.3. The van der Waals surface area contributed by atoms with Gasteiger partial charge in [-0.05, 0) is 37.5 Å². The van der Waals surface area contributed by atoms with E-state index in [1.165, 1.54) is 16.4 Å². The van der Waals surface area contributed by atoms with Crippen molar-refractivity contribution in [3.8, 4) is 0 Å². The molecule has 3 N–H and O–H groups in total. The Labute approximate surface area is 154 Å². The number of nitrogens with two attached hydrogens (primary N) is 1. The van der Waals surface area contributed by atoms with E-state index in [0.29, 0.717) is 21.1 Å². The minimum Gasteiger partial charge on any atom is -0.349 e. The summed E-state index contributed by atoms with van der Waals surface area (Å²) >= 11 is 13.3. The van der Waals surface area contributed by atoms with Crippen molar-refractivity contribution in [1.29, 1.82) is 0 Å². The van der Waals surface area contributed by atoms with E-state index in [0.717, 1.165) is 24.2 Å². The molecular formula is C15H17Cl2N5OS. The highest BCUT2D eigenvalue weighted by Gasteiger charge is 2.30. The number of rotatable bonds is 6. The first-order valence-electron chi connectivity index (χ1n) is 7.53. The van der Waals surface area contributed by atoms with E-state index in [9.17, 15) is 4.79 Å². The minimum atomic E-state index is -0.222. The molecular weight excluding hydrogens is 369 g/mol. The van der Waals surface area contributed by atoms with Crippen LogP contribution < -0.4 is 11.2 Å². The van der Waals surface area contributed by atoms with Crippen molar-refractivity contribution < 1.29 is 4.79 Å². The predicted octanol–water partition coefficient (Wildman–Crippen LogP) is 3.15. The van der Waals surface area contributed by atoms with Crippen LogP contribution in [-0.2, 0) is 4.79 Å². The lowest BCUT2D eigenvalue weighted by molar-refractivity contribution is -0.119. The molecule has 1 atom stereocenters. The van der Waals surface area contributed by atoms with E-state index >= 15 is 0 Å². The highest BCUT2D eigenvalue weighted by Crippen LogP contribution is 2.39. The molecule has 9 heteroatoms. The lowest BCUT2D eigenvalue weighted by Gasteiger charge is -2.15. The summed E-state index contributed by atoms with van der Waals surface area (Å²) in [5.74, 6) is 7.25. The van der Waals surface area contributed by atoms with E-state index in [1.807, 2.05) is 6.92 Å². The molecule has 128 valence electrons. The van der Waals surface area contributed by atoms with Crippen LogP contribution in [0.4, 0.5) is 0 Å². The number of hydrogen-bond acceptors (Lipinski definition) is 5. The molecule has 3 rings (SSSR count). The molecule has 0 aliphatic heterocycles. The van der Waals surface area contributed by atoms with Crippen LogP contribution in [0.5, 0.6) is 0 Å². The van der Waals surface area contributed by atoms with Gasteiger partial charge in [-0.25, -0.2) is 4.68 Å². The molecule has 1 aliphatic carbocycles. The van der Waals surface area contributed by atoms with Gasteiger partial charge in [-0.1, -0.05) is 41.0 Å². The van der Waals surface area contributed by atoms with E-state index in [2.05, 4.69) is 15.5 Å². The van der Waals surface area contributed by atoms with Gasteiger partial charge in [-0.15, -0.1) is 10.2 Å². The molecule has 1 aromatic heterocycles. The number of benzene rings is 1. The van der Waals surface area contributed by atoms with Crippen molar-refractivity contribution in [2.45, 2.75) is 36.9 Å². The fraction of sp³-hybridized carbons (Fsp3) is 0.400. The maximum atomic E-state index is 12.1. The zero-order chi connectivity index (χ0) is 17.3.